The molecule has 2 amide bonds. The predicted octanol–water partition coefficient (Wildman–Crippen LogP) is 3.47. The van der Waals surface area contributed by atoms with Gasteiger partial charge in [0, 0.05) is 25.6 Å². The first-order valence-corrected chi connectivity index (χ1v) is 9.54. The zero-order chi connectivity index (χ0) is 20.7. The summed E-state index contributed by atoms with van der Waals surface area (Å²) in [5.41, 5.74) is 1.59. The van der Waals surface area contributed by atoms with Gasteiger partial charge in [0.2, 0.25) is 5.91 Å². The lowest BCUT2D eigenvalue weighted by Crippen LogP contribution is -2.23. The molecule has 2 N–H and O–H groups in total. The molecule has 150 valence electrons. The average Bonchev–Trinajstić information content (AvgIpc) is 2.65. The molecule has 0 bridgehead atoms. The minimum Gasteiger partial charge on any atom is -0.427 e. The Hall–Kier alpha value is -2.89. The van der Waals surface area contributed by atoms with Gasteiger partial charge in [-0.25, -0.2) is 4.79 Å². The minimum atomic E-state index is -0.613. The van der Waals surface area contributed by atoms with Crippen molar-refractivity contribution in [2.75, 3.05) is 12.4 Å². The van der Waals surface area contributed by atoms with Crippen LogP contribution in [-0.4, -0.2) is 18.9 Å². The van der Waals surface area contributed by atoms with Gasteiger partial charge in [0.1, 0.15) is 11.3 Å². The largest absolute Gasteiger partial charge is 0.427 e. The Balaban J connectivity index is 2.06. The molecule has 0 saturated carbocycles. The molecule has 0 radical (unpaired) electrons. The van der Waals surface area contributed by atoms with Crippen molar-refractivity contribution in [2.24, 2.45) is 5.92 Å². The fourth-order valence-corrected chi connectivity index (χ4v) is 2.83. The number of carbonyl (C=O) groups is 2. The highest BCUT2D eigenvalue weighted by molar-refractivity contribution is 6.04. The predicted molar refractivity (Wildman–Crippen MR) is 110 cm³/mol. The van der Waals surface area contributed by atoms with E-state index in [-0.39, 0.29) is 11.5 Å². The third kappa shape index (κ3) is 6.08. The molecule has 0 aliphatic rings. The fraction of sp³-hybridized carbons (Fsp3) is 0.409. The highest BCUT2D eigenvalue weighted by Gasteiger charge is 2.17. The maximum absolute atomic E-state index is 12.5. The van der Waals surface area contributed by atoms with Gasteiger partial charge in [-0.1, -0.05) is 26.0 Å². The van der Waals surface area contributed by atoms with E-state index in [0.717, 1.165) is 12.0 Å². The van der Waals surface area contributed by atoms with Crippen LogP contribution in [0.2, 0.25) is 0 Å². The van der Waals surface area contributed by atoms with E-state index in [1.165, 1.54) is 0 Å². The summed E-state index contributed by atoms with van der Waals surface area (Å²) >= 11 is 0. The summed E-state index contributed by atoms with van der Waals surface area (Å²) in [4.78, 5) is 36.2. The standard InChI is InChI=1S/C22H28N2O4/c1-14(2)5-11-18-13-15(3)20(22(27)28-18)21(26)24-17-9-6-16(7-10-17)8-12-19(25)23-4/h6-7,9-10,13-14H,5,8,11-12H2,1-4H3,(H,23,25)(H,24,26). The van der Waals surface area contributed by atoms with E-state index in [2.05, 4.69) is 24.5 Å². The van der Waals surface area contributed by atoms with E-state index < -0.39 is 11.5 Å². The van der Waals surface area contributed by atoms with Crippen molar-refractivity contribution in [2.45, 2.75) is 46.5 Å². The summed E-state index contributed by atoms with van der Waals surface area (Å²) in [5, 5.41) is 5.32. The molecule has 1 aromatic heterocycles. The van der Waals surface area contributed by atoms with E-state index in [1.54, 1.807) is 32.2 Å². The van der Waals surface area contributed by atoms with Crippen LogP contribution in [0.1, 0.15) is 53.9 Å². The number of anilines is 1. The van der Waals surface area contributed by atoms with Crippen molar-refractivity contribution in [3.63, 3.8) is 0 Å². The minimum absolute atomic E-state index is 0.0172. The fourth-order valence-electron chi connectivity index (χ4n) is 2.83. The van der Waals surface area contributed by atoms with Crippen LogP contribution < -0.4 is 16.3 Å². The van der Waals surface area contributed by atoms with Gasteiger partial charge in [0.25, 0.3) is 5.91 Å². The maximum atomic E-state index is 12.5. The quantitative estimate of drug-likeness (QED) is 0.729. The Labute approximate surface area is 165 Å². The van der Waals surface area contributed by atoms with E-state index in [1.807, 2.05) is 12.1 Å². The number of hydrogen-bond acceptors (Lipinski definition) is 4. The van der Waals surface area contributed by atoms with Crippen LogP contribution >= 0.6 is 0 Å². The van der Waals surface area contributed by atoms with Crippen LogP contribution in [0, 0.1) is 12.8 Å². The summed E-state index contributed by atoms with van der Waals surface area (Å²) in [7, 11) is 1.61. The molecule has 0 saturated heterocycles. The summed E-state index contributed by atoms with van der Waals surface area (Å²) in [6.45, 7) is 5.96. The number of aryl methyl sites for hydroxylation is 3. The molecule has 0 fully saturated rings. The Morgan fingerprint density at radius 1 is 1.11 bits per heavy atom. The SMILES string of the molecule is CNC(=O)CCc1ccc(NC(=O)c2c(C)cc(CCC(C)C)oc2=O)cc1. The van der Waals surface area contributed by atoms with Gasteiger partial charge in [0.05, 0.1) is 0 Å². The van der Waals surface area contributed by atoms with Gasteiger partial charge < -0.3 is 15.1 Å². The van der Waals surface area contributed by atoms with E-state index >= 15 is 0 Å². The highest BCUT2D eigenvalue weighted by Crippen LogP contribution is 2.15. The summed E-state index contributed by atoms with van der Waals surface area (Å²) in [6.07, 6.45) is 2.62. The first-order valence-electron chi connectivity index (χ1n) is 9.54. The van der Waals surface area contributed by atoms with Gasteiger partial charge in [-0.05, 0) is 55.0 Å². The third-order valence-electron chi connectivity index (χ3n) is 4.53. The Morgan fingerprint density at radius 3 is 2.36 bits per heavy atom. The van der Waals surface area contributed by atoms with E-state index in [0.29, 0.717) is 42.2 Å². The molecule has 1 heterocycles. The summed E-state index contributed by atoms with van der Waals surface area (Å²) in [6, 6.07) is 8.97. The Kier molecular flexibility index (Phi) is 7.55. The number of benzene rings is 1. The zero-order valence-electron chi connectivity index (χ0n) is 16.9. The molecule has 0 spiro atoms. The van der Waals surface area contributed by atoms with Gasteiger partial charge in [-0.2, -0.15) is 0 Å². The monoisotopic (exact) mass is 384 g/mol. The third-order valence-corrected chi connectivity index (χ3v) is 4.53. The van der Waals surface area contributed by atoms with Gasteiger partial charge in [-0.15, -0.1) is 0 Å². The molecule has 0 aliphatic carbocycles. The van der Waals surface area contributed by atoms with Crippen LogP contribution in [-0.2, 0) is 17.6 Å². The lowest BCUT2D eigenvalue weighted by atomic mass is 10.0. The molecule has 0 atom stereocenters. The lowest BCUT2D eigenvalue weighted by Gasteiger charge is -2.09. The van der Waals surface area contributed by atoms with Crippen molar-refractivity contribution in [1.29, 1.82) is 0 Å². The second-order valence-electron chi connectivity index (χ2n) is 7.31. The lowest BCUT2D eigenvalue weighted by molar-refractivity contribution is -0.120. The van der Waals surface area contributed by atoms with E-state index in [4.69, 9.17) is 4.42 Å². The molecule has 1 aromatic carbocycles. The zero-order valence-corrected chi connectivity index (χ0v) is 16.9. The molecule has 28 heavy (non-hydrogen) atoms. The van der Waals surface area contributed by atoms with Crippen molar-refractivity contribution in [1.82, 2.24) is 5.32 Å². The van der Waals surface area contributed by atoms with Crippen LogP contribution in [0.15, 0.2) is 39.5 Å². The smallest absolute Gasteiger partial charge is 0.349 e. The molecule has 0 unspecified atom stereocenters. The van der Waals surface area contributed by atoms with Crippen molar-refractivity contribution < 1.29 is 14.0 Å². The topological polar surface area (TPSA) is 88.4 Å². The molecule has 2 rings (SSSR count). The van der Waals surface area contributed by atoms with Gasteiger partial charge >= 0.3 is 5.63 Å². The molecular formula is C22H28N2O4. The van der Waals surface area contributed by atoms with Crippen LogP contribution in [0.3, 0.4) is 0 Å². The summed E-state index contributed by atoms with van der Waals surface area (Å²) in [5.74, 6) is 0.609. The highest BCUT2D eigenvalue weighted by atomic mass is 16.4. The second kappa shape index (κ2) is 9.88. The van der Waals surface area contributed by atoms with Crippen LogP contribution in [0.5, 0.6) is 0 Å². The molecule has 2 aromatic rings. The average molecular weight is 384 g/mol. The number of hydrogen-bond donors (Lipinski definition) is 2. The van der Waals surface area contributed by atoms with Crippen LogP contribution in [0.25, 0.3) is 0 Å². The molecular weight excluding hydrogens is 356 g/mol. The number of rotatable bonds is 8. The second-order valence-corrected chi connectivity index (χ2v) is 7.31. The van der Waals surface area contributed by atoms with Gasteiger partial charge in [-0.3, -0.25) is 9.59 Å². The van der Waals surface area contributed by atoms with Crippen molar-refractivity contribution in [3.8, 4) is 0 Å². The first-order chi connectivity index (χ1) is 13.3. The first kappa shape index (κ1) is 21.4. The maximum Gasteiger partial charge on any atom is 0.349 e. The molecule has 6 heteroatoms. The summed E-state index contributed by atoms with van der Waals surface area (Å²) < 4.78 is 5.33. The van der Waals surface area contributed by atoms with Gasteiger partial charge in [0.15, 0.2) is 0 Å². The molecule has 6 nitrogen and oxygen atoms in total. The normalized spacial score (nSPS) is 10.8. The number of nitrogens with one attached hydrogen (secondary N) is 2. The number of carbonyl (C=O) groups excluding carboxylic acids is 2. The van der Waals surface area contributed by atoms with E-state index in [9.17, 15) is 14.4 Å². The van der Waals surface area contributed by atoms with Crippen molar-refractivity contribution >= 4 is 17.5 Å². The Morgan fingerprint density at radius 2 is 1.79 bits per heavy atom. The van der Waals surface area contributed by atoms with Crippen LogP contribution in [0.4, 0.5) is 5.69 Å². The molecule has 0 aliphatic heterocycles. The number of amides is 2. The Bertz CT molecular complexity index is 882. The van der Waals surface area contributed by atoms with Crippen molar-refractivity contribution in [3.05, 3.63) is 63.2 Å².